The topological polar surface area (TPSA) is 52.8 Å². The predicted molar refractivity (Wildman–Crippen MR) is 161 cm³/mol. The number of benzene rings is 4. The van der Waals surface area contributed by atoms with E-state index in [9.17, 15) is 0 Å². The number of hydrogen-bond donors (Lipinski definition) is 0. The number of aromatic nitrogens is 4. The third kappa shape index (κ3) is 5.33. The van der Waals surface area contributed by atoms with Crippen LogP contribution in [0.3, 0.4) is 0 Å². The molecule has 0 N–H and O–H groups in total. The smallest absolute Gasteiger partial charge is 0.196 e. The number of aryl methyl sites for hydroxylation is 2. The fourth-order valence-electron chi connectivity index (χ4n) is 4.80. The number of ether oxygens (including phenoxy) is 1. The normalized spacial score (nSPS) is 11.3. The van der Waals surface area contributed by atoms with E-state index in [-0.39, 0.29) is 0 Å². The Kier molecular flexibility index (Phi) is 7.18. The first-order valence-electron chi connectivity index (χ1n) is 12.8. The number of rotatable bonds is 8. The number of hydrogen-bond acceptors (Lipinski definition) is 6. The van der Waals surface area contributed by atoms with Gasteiger partial charge in [0.2, 0.25) is 0 Å². The molecule has 0 aliphatic rings. The van der Waals surface area contributed by atoms with E-state index in [2.05, 4.69) is 89.6 Å². The lowest BCUT2D eigenvalue weighted by molar-refractivity contribution is 0.415. The van der Waals surface area contributed by atoms with Gasteiger partial charge in [0.05, 0.1) is 18.5 Å². The highest BCUT2D eigenvalue weighted by Crippen LogP contribution is 2.32. The zero-order valence-electron chi connectivity index (χ0n) is 22.1. The van der Waals surface area contributed by atoms with Gasteiger partial charge >= 0.3 is 0 Å². The molecule has 0 aliphatic carbocycles. The SMILES string of the molecule is COc1ccc(-c2nc(CSc3nnc(Cc4cccc5ccccc45)n3-c3ccc(C)cc3C)cs2)cc1. The second-order valence-electron chi connectivity index (χ2n) is 9.50. The van der Waals surface area contributed by atoms with Gasteiger partial charge in [-0.3, -0.25) is 4.57 Å². The Morgan fingerprint density at radius 2 is 1.72 bits per heavy atom. The second-order valence-corrected chi connectivity index (χ2v) is 11.3. The molecule has 39 heavy (non-hydrogen) atoms. The van der Waals surface area contributed by atoms with Crippen LogP contribution in [0.1, 0.15) is 28.2 Å². The molecule has 0 spiro atoms. The molecule has 0 unspecified atom stereocenters. The first-order chi connectivity index (χ1) is 19.1. The highest BCUT2D eigenvalue weighted by Gasteiger charge is 2.18. The largest absolute Gasteiger partial charge is 0.497 e. The number of fused-ring (bicyclic) bond motifs is 1. The predicted octanol–water partition coefficient (Wildman–Crippen LogP) is 8.05. The summed E-state index contributed by atoms with van der Waals surface area (Å²) in [4.78, 5) is 4.89. The molecule has 6 rings (SSSR count). The fourth-order valence-corrected chi connectivity index (χ4v) is 6.59. The van der Waals surface area contributed by atoms with Crippen molar-refractivity contribution in [1.82, 2.24) is 19.7 Å². The summed E-state index contributed by atoms with van der Waals surface area (Å²) in [5, 5.41) is 15.9. The van der Waals surface area contributed by atoms with Crippen molar-refractivity contribution in [1.29, 1.82) is 0 Å². The van der Waals surface area contributed by atoms with Gasteiger partial charge in [0.25, 0.3) is 0 Å². The van der Waals surface area contributed by atoms with E-state index in [1.807, 2.05) is 24.3 Å². The summed E-state index contributed by atoms with van der Waals surface area (Å²) in [5.74, 6) is 2.48. The molecule has 5 nitrogen and oxygen atoms in total. The molecule has 7 heteroatoms. The van der Waals surface area contributed by atoms with Gasteiger partial charge in [0, 0.05) is 23.1 Å². The molecule has 0 bridgehead atoms. The molecule has 2 heterocycles. The average molecular weight is 549 g/mol. The van der Waals surface area contributed by atoms with E-state index in [0.29, 0.717) is 12.2 Å². The first kappa shape index (κ1) is 25.3. The molecule has 0 amide bonds. The van der Waals surface area contributed by atoms with Crippen LogP contribution >= 0.6 is 23.1 Å². The Morgan fingerprint density at radius 3 is 2.54 bits per heavy atom. The lowest BCUT2D eigenvalue weighted by Gasteiger charge is -2.14. The summed E-state index contributed by atoms with van der Waals surface area (Å²) in [5.41, 5.74) is 6.91. The van der Waals surface area contributed by atoms with Crippen LogP contribution < -0.4 is 4.74 Å². The first-order valence-corrected chi connectivity index (χ1v) is 14.7. The Hall–Kier alpha value is -3.94. The molecule has 194 valence electrons. The summed E-state index contributed by atoms with van der Waals surface area (Å²) in [7, 11) is 1.68. The van der Waals surface area contributed by atoms with Crippen LogP contribution in [0.4, 0.5) is 0 Å². The fraction of sp³-hybridized carbons (Fsp3) is 0.156. The van der Waals surface area contributed by atoms with Gasteiger partial charge in [-0.1, -0.05) is 71.9 Å². The Labute approximate surface area is 236 Å². The van der Waals surface area contributed by atoms with Crippen molar-refractivity contribution in [2.75, 3.05) is 7.11 Å². The lowest BCUT2D eigenvalue weighted by Crippen LogP contribution is -2.06. The Morgan fingerprint density at radius 1 is 0.897 bits per heavy atom. The van der Waals surface area contributed by atoms with Crippen LogP contribution in [0.5, 0.6) is 5.75 Å². The van der Waals surface area contributed by atoms with Crippen LogP contribution in [-0.4, -0.2) is 26.9 Å². The third-order valence-electron chi connectivity index (χ3n) is 6.76. The number of methoxy groups -OCH3 is 1. The van der Waals surface area contributed by atoms with Crippen molar-refractivity contribution in [2.24, 2.45) is 0 Å². The van der Waals surface area contributed by atoms with E-state index >= 15 is 0 Å². The summed E-state index contributed by atoms with van der Waals surface area (Å²) < 4.78 is 7.51. The van der Waals surface area contributed by atoms with Crippen LogP contribution in [0.15, 0.2) is 95.5 Å². The summed E-state index contributed by atoms with van der Waals surface area (Å²) in [6, 6.07) is 29.5. The maximum Gasteiger partial charge on any atom is 0.196 e. The van der Waals surface area contributed by atoms with Crippen LogP contribution in [0.25, 0.3) is 27.0 Å². The van der Waals surface area contributed by atoms with E-state index < -0.39 is 0 Å². The van der Waals surface area contributed by atoms with Crippen molar-refractivity contribution < 1.29 is 4.74 Å². The average Bonchev–Trinajstić information content (AvgIpc) is 3.59. The van der Waals surface area contributed by atoms with Crippen molar-refractivity contribution in [3.63, 3.8) is 0 Å². The number of thiazole rings is 1. The van der Waals surface area contributed by atoms with Gasteiger partial charge < -0.3 is 4.74 Å². The van der Waals surface area contributed by atoms with E-state index in [1.54, 1.807) is 30.2 Å². The van der Waals surface area contributed by atoms with Crippen LogP contribution in [0, 0.1) is 13.8 Å². The molecule has 0 saturated heterocycles. The molecule has 0 radical (unpaired) electrons. The van der Waals surface area contributed by atoms with Gasteiger partial charge in [-0.25, -0.2) is 4.98 Å². The quantitative estimate of drug-likeness (QED) is 0.180. The van der Waals surface area contributed by atoms with Crippen molar-refractivity contribution >= 4 is 33.9 Å². The summed E-state index contributed by atoms with van der Waals surface area (Å²) in [6.07, 6.45) is 0.695. The van der Waals surface area contributed by atoms with Gasteiger partial charge in [0.1, 0.15) is 16.6 Å². The molecule has 0 atom stereocenters. The molecule has 0 aliphatic heterocycles. The van der Waals surface area contributed by atoms with Crippen molar-refractivity contribution in [3.8, 4) is 22.0 Å². The summed E-state index contributed by atoms with van der Waals surface area (Å²) >= 11 is 3.33. The highest BCUT2D eigenvalue weighted by atomic mass is 32.2. The molecule has 4 aromatic carbocycles. The van der Waals surface area contributed by atoms with Gasteiger partial charge in [-0.15, -0.1) is 21.5 Å². The Balaban J connectivity index is 1.31. The minimum absolute atomic E-state index is 0.695. The minimum Gasteiger partial charge on any atom is -0.497 e. The van der Waals surface area contributed by atoms with Crippen molar-refractivity contribution in [3.05, 3.63) is 119 Å². The molecule has 2 aromatic heterocycles. The van der Waals surface area contributed by atoms with Crippen LogP contribution in [-0.2, 0) is 12.2 Å². The van der Waals surface area contributed by atoms with E-state index in [1.165, 1.54) is 27.5 Å². The van der Waals surface area contributed by atoms with E-state index in [4.69, 9.17) is 14.8 Å². The lowest BCUT2D eigenvalue weighted by atomic mass is 10.0. The second kappa shape index (κ2) is 11.0. The maximum absolute atomic E-state index is 5.29. The summed E-state index contributed by atoms with van der Waals surface area (Å²) in [6.45, 7) is 4.28. The minimum atomic E-state index is 0.695. The van der Waals surface area contributed by atoms with Gasteiger partial charge in [0.15, 0.2) is 5.16 Å². The molecule has 0 saturated carbocycles. The van der Waals surface area contributed by atoms with Gasteiger partial charge in [-0.2, -0.15) is 0 Å². The van der Waals surface area contributed by atoms with Crippen molar-refractivity contribution in [2.45, 2.75) is 31.2 Å². The zero-order chi connectivity index (χ0) is 26.8. The Bertz CT molecular complexity index is 1750. The molecule has 6 aromatic rings. The van der Waals surface area contributed by atoms with Gasteiger partial charge in [-0.05, 0) is 66.1 Å². The zero-order valence-corrected chi connectivity index (χ0v) is 23.7. The highest BCUT2D eigenvalue weighted by molar-refractivity contribution is 7.98. The van der Waals surface area contributed by atoms with Crippen LogP contribution in [0.2, 0.25) is 0 Å². The monoisotopic (exact) mass is 548 g/mol. The maximum atomic E-state index is 5.29. The number of thioether (sulfide) groups is 1. The number of nitrogens with zero attached hydrogens (tertiary/aromatic N) is 4. The third-order valence-corrected chi connectivity index (χ3v) is 8.66. The molecule has 0 fully saturated rings. The standard InChI is InChI=1S/C32H28N4OS2/c1-21-11-16-29(22(2)17-21)36-30(18-25-9-6-8-23-7-4-5-10-28(23)25)34-35-32(36)39-20-26-19-38-31(33-26)24-12-14-27(37-3)15-13-24/h4-17,19H,18,20H2,1-3H3. The molecular formula is C32H28N4OS2. The molecular weight excluding hydrogens is 521 g/mol. The van der Waals surface area contributed by atoms with E-state index in [0.717, 1.165) is 38.7 Å².